The van der Waals surface area contributed by atoms with Crippen molar-refractivity contribution < 1.29 is 14.4 Å². The second-order valence-corrected chi connectivity index (χ2v) is 7.13. The van der Waals surface area contributed by atoms with Crippen LogP contribution in [0.3, 0.4) is 0 Å². The Labute approximate surface area is 157 Å². The minimum atomic E-state index is -0.985. The number of nitrogens with one attached hydrogen (secondary N) is 2. The van der Waals surface area contributed by atoms with Crippen molar-refractivity contribution in [1.29, 1.82) is 0 Å². The van der Waals surface area contributed by atoms with E-state index >= 15 is 0 Å². The predicted octanol–water partition coefficient (Wildman–Crippen LogP) is 2.95. The Bertz CT molecular complexity index is 934. The molecule has 1 heterocycles. The van der Waals surface area contributed by atoms with Gasteiger partial charge in [0, 0.05) is 30.5 Å². The molecule has 0 atom stereocenters. The minimum Gasteiger partial charge on any atom is -0.326 e. The van der Waals surface area contributed by atoms with Crippen molar-refractivity contribution in [3.05, 3.63) is 54.1 Å². The molecule has 6 heteroatoms. The molecule has 2 N–H and O–H groups in total. The molecule has 0 bridgehead atoms. The Kier molecular flexibility index (Phi) is 4.18. The fourth-order valence-corrected chi connectivity index (χ4v) is 3.60. The highest BCUT2D eigenvalue weighted by molar-refractivity contribution is 6.18. The van der Waals surface area contributed by atoms with Gasteiger partial charge in [-0.1, -0.05) is 24.3 Å². The third kappa shape index (κ3) is 3.18. The summed E-state index contributed by atoms with van der Waals surface area (Å²) in [6.07, 6.45) is 1.93. The number of hydrogen-bond acceptors (Lipinski definition) is 3. The normalized spacial score (nSPS) is 16.4. The van der Waals surface area contributed by atoms with E-state index in [-0.39, 0.29) is 17.7 Å². The van der Waals surface area contributed by atoms with Crippen LogP contribution in [0.4, 0.5) is 17.1 Å². The van der Waals surface area contributed by atoms with Crippen LogP contribution in [0.5, 0.6) is 0 Å². The molecule has 1 fully saturated rings. The van der Waals surface area contributed by atoms with Crippen LogP contribution in [0.2, 0.25) is 0 Å². The SMILES string of the molecule is CC(=O)Nc1cccc(NC(=O)C2(C(=O)N3CCc4ccccc43)CC2)c1. The Morgan fingerprint density at radius 3 is 2.37 bits per heavy atom. The van der Waals surface area contributed by atoms with Crippen molar-refractivity contribution in [1.82, 2.24) is 0 Å². The first-order chi connectivity index (χ1) is 13.0. The van der Waals surface area contributed by atoms with Gasteiger partial charge in [-0.25, -0.2) is 0 Å². The summed E-state index contributed by atoms with van der Waals surface area (Å²) in [4.78, 5) is 39.0. The number of benzene rings is 2. The smallest absolute Gasteiger partial charge is 0.242 e. The molecule has 1 aliphatic heterocycles. The maximum atomic E-state index is 13.1. The van der Waals surface area contributed by atoms with Gasteiger partial charge in [-0.15, -0.1) is 0 Å². The van der Waals surface area contributed by atoms with Crippen LogP contribution in [-0.2, 0) is 20.8 Å². The van der Waals surface area contributed by atoms with Crippen LogP contribution in [0.15, 0.2) is 48.5 Å². The Morgan fingerprint density at radius 2 is 1.67 bits per heavy atom. The first-order valence-corrected chi connectivity index (χ1v) is 9.09. The highest BCUT2D eigenvalue weighted by Gasteiger charge is 2.58. The second-order valence-electron chi connectivity index (χ2n) is 7.13. The number of anilines is 3. The van der Waals surface area contributed by atoms with Gasteiger partial charge in [-0.3, -0.25) is 14.4 Å². The topological polar surface area (TPSA) is 78.5 Å². The first-order valence-electron chi connectivity index (χ1n) is 9.09. The molecule has 2 aromatic rings. The van der Waals surface area contributed by atoms with Crippen molar-refractivity contribution in [2.45, 2.75) is 26.2 Å². The van der Waals surface area contributed by atoms with E-state index in [1.165, 1.54) is 6.92 Å². The van der Waals surface area contributed by atoms with Gasteiger partial charge in [0.1, 0.15) is 5.41 Å². The predicted molar refractivity (Wildman–Crippen MR) is 104 cm³/mol. The van der Waals surface area contributed by atoms with E-state index in [0.717, 1.165) is 17.7 Å². The molecule has 0 radical (unpaired) electrons. The summed E-state index contributed by atoms with van der Waals surface area (Å²) in [5.74, 6) is -0.583. The Hall–Kier alpha value is -3.15. The molecule has 0 aromatic heterocycles. The molecule has 138 valence electrons. The van der Waals surface area contributed by atoms with Crippen molar-refractivity contribution in [2.24, 2.45) is 5.41 Å². The van der Waals surface area contributed by atoms with Crippen LogP contribution >= 0.6 is 0 Å². The molecule has 0 saturated heterocycles. The van der Waals surface area contributed by atoms with Gasteiger partial charge in [-0.2, -0.15) is 0 Å². The summed E-state index contributed by atoms with van der Waals surface area (Å²) in [5, 5.41) is 5.53. The number of nitrogens with zero attached hydrogens (tertiary/aromatic N) is 1. The zero-order valence-electron chi connectivity index (χ0n) is 15.1. The zero-order chi connectivity index (χ0) is 19.0. The molecule has 0 spiro atoms. The standard InChI is InChI=1S/C21H21N3O3/c1-14(25)22-16-6-4-7-17(13-16)23-19(26)21(10-11-21)20(27)24-12-9-15-5-2-3-8-18(15)24/h2-8,13H,9-12H2,1H3,(H,22,25)(H,23,26). The number of hydrogen-bond donors (Lipinski definition) is 2. The van der Waals surface area contributed by atoms with Crippen molar-refractivity contribution in [3.8, 4) is 0 Å². The number of carbonyl (C=O) groups is 3. The Balaban J connectivity index is 1.51. The van der Waals surface area contributed by atoms with E-state index < -0.39 is 5.41 Å². The van der Waals surface area contributed by atoms with Crippen molar-refractivity contribution in [2.75, 3.05) is 22.1 Å². The minimum absolute atomic E-state index is 0.122. The highest BCUT2D eigenvalue weighted by atomic mass is 16.2. The monoisotopic (exact) mass is 363 g/mol. The van der Waals surface area contributed by atoms with Crippen LogP contribution < -0.4 is 15.5 Å². The van der Waals surface area contributed by atoms with Crippen LogP contribution in [0.25, 0.3) is 0 Å². The lowest BCUT2D eigenvalue weighted by atomic mass is 10.0. The van der Waals surface area contributed by atoms with Crippen LogP contribution in [-0.4, -0.2) is 24.3 Å². The maximum Gasteiger partial charge on any atom is 0.242 e. The van der Waals surface area contributed by atoms with Crippen molar-refractivity contribution >= 4 is 34.8 Å². The number of carbonyl (C=O) groups excluding carboxylic acids is 3. The van der Waals surface area contributed by atoms with Gasteiger partial charge in [0.05, 0.1) is 0 Å². The average molecular weight is 363 g/mol. The van der Waals surface area contributed by atoms with Gasteiger partial charge in [0.25, 0.3) is 0 Å². The second kappa shape index (κ2) is 6.54. The number of para-hydroxylation sites is 1. The van der Waals surface area contributed by atoms with Gasteiger partial charge in [0.15, 0.2) is 0 Å². The lowest BCUT2D eigenvalue weighted by molar-refractivity contribution is -0.132. The molecule has 27 heavy (non-hydrogen) atoms. The number of amides is 3. The molecule has 1 aliphatic carbocycles. The third-order valence-electron chi connectivity index (χ3n) is 5.17. The molecule has 1 saturated carbocycles. The van der Waals surface area contributed by atoms with Crippen LogP contribution in [0, 0.1) is 5.41 Å². The highest BCUT2D eigenvalue weighted by Crippen LogP contribution is 2.49. The lowest BCUT2D eigenvalue weighted by Crippen LogP contribution is -2.42. The maximum absolute atomic E-state index is 13.1. The average Bonchev–Trinajstić information content (AvgIpc) is 3.35. The van der Waals surface area contributed by atoms with E-state index in [4.69, 9.17) is 0 Å². The van der Waals surface area contributed by atoms with E-state index in [0.29, 0.717) is 30.8 Å². The summed E-state index contributed by atoms with van der Waals surface area (Å²) in [7, 11) is 0. The fraction of sp³-hybridized carbons (Fsp3) is 0.286. The molecule has 0 unspecified atom stereocenters. The third-order valence-corrected chi connectivity index (χ3v) is 5.17. The quantitative estimate of drug-likeness (QED) is 0.820. The largest absolute Gasteiger partial charge is 0.326 e. The summed E-state index contributed by atoms with van der Waals surface area (Å²) in [6, 6.07) is 14.8. The van der Waals surface area contributed by atoms with E-state index in [1.807, 2.05) is 24.3 Å². The summed E-state index contributed by atoms with van der Waals surface area (Å²) < 4.78 is 0. The first kappa shape index (κ1) is 17.3. The lowest BCUT2D eigenvalue weighted by Gasteiger charge is -2.23. The number of rotatable bonds is 4. The summed E-state index contributed by atoms with van der Waals surface area (Å²) in [5.41, 5.74) is 2.23. The van der Waals surface area contributed by atoms with Gasteiger partial charge in [0.2, 0.25) is 17.7 Å². The Morgan fingerprint density at radius 1 is 0.963 bits per heavy atom. The molecular formula is C21H21N3O3. The van der Waals surface area contributed by atoms with Gasteiger partial charge < -0.3 is 15.5 Å². The molecule has 6 nitrogen and oxygen atoms in total. The molecule has 3 amide bonds. The summed E-state index contributed by atoms with van der Waals surface area (Å²) >= 11 is 0. The van der Waals surface area contributed by atoms with E-state index in [9.17, 15) is 14.4 Å². The zero-order valence-corrected chi connectivity index (χ0v) is 15.1. The van der Waals surface area contributed by atoms with E-state index in [2.05, 4.69) is 10.6 Å². The number of fused-ring (bicyclic) bond motifs is 1. The van der Waals surface area contributed by atoms with Gasteiger partial charge >= 0.3 is 0 Å². The van der Waals surface area contributed by atoms with Crippen LogP contribution in [0.1, 0.15) is 25.3 Å². The fourth-order valence-electron chi connectivity index (χ4n) is 3.60. The van der Waals surface area contributed by atoms with E-state index in [1.54, 1.807) is 29.2 Å². The molecular weight excluding hydrogens is 342 g/mol. The summed E-state index contributed by atoms with van der Waals surface area (Å²) in [6.45, 7) is 2.04. The molecule has 2 aliphatic rings. The molecule has 2 aromatic carbocycles. The molecule has 4 rings (SSSR count). The van der Waals surface area contributed by atoms with Gasteiger partial charge in [-0.05, 0) is 49.1 Å². The van der Waals surface area contributed by atoms with Crippen molar-refractivity contribution in [3.63, 3.8) is 0 Å².